The first-order valence-corrected chi connectivity index (χ1v) is 29.8. The second kappa shape index (κ2) is 20.8. The largest absolute Gasteiger partial charge is 0.491 e. The van der Waals surface area contributed by atoms with Gasteiger partial charge in [-0.15, -0.1) is 13.2 Å². The van der Waals surface area contributed by atoms with Crippen LogP contribution in [0.5, 0.6) is 11.5 Å². The lowest BCUT2D eigenvalue weighted by Crippen LogP contribution is -2.62. The predicted octanol–water partition coefficient (Wildman–Crippen LogP) is 17.5. The number of hydrogen-bond donors (Lipinski definition) is 0. The summed E-state index contributed by atoms with van der Waals surface area (Å²) < 4.78 is 273. The third-order valence-electron chi connectivity index (χ3n) is 13.6. The Bertz CT molecular complexity index is 3010. The van der Waals surface area contributed by atoms with E-state index < -0.39 is 108 Å². The van der Waals surface area contributed by atoms with E-state index in [0.717, 1.165) is 22.3 Å². The van der Waals surface area contributed by atoms with E-state index in [0.29, 0.717) is 32.7 Å². The van der Waals surface area contributed by atoms with Crippen LogP contribution < -0.4 is 9.47 Å². The standard InChI is InChI=1S/C55H48F18O4Si2/c1-7-78(3,4)76-41(29-47(56,57)50(60,61)52(64,65)54(68,69)70)31-74-39-23-19-33-25-37(21-17-35(33)27-39)49(45-15-11-9-13-43(45)44-14-10-12-16-46(44)49)38-22-18-36-28-40(24-20-34(36)26-38)75-32-42(77-79(5,6)8-2)30-48(58,59)51(62,63)53(66,67)55(71,72)73/h7-28,41-42H,1-2,29-32H2,3-6H3. The minimum Gasteiger partial charge on any atom is -0.491 e. The molecular formula is C55H48F18O4Si2. The Morgan fingerprint density at radius 2 is 0.747 bits per heavy atom. The van der Waals surface area contributed by atoms with Crippen molar-refractivity contribution >= 4 is 38.2 Å². The van der Waals surface area contributed by atoms with Crippen molar-refractivity contribution in [1.29, 1.82) is 0 Å². The minimum absolute atomic E-state index is 0.0395. The average Bonchev–Trinajstić information content (AvgIpc) is 3.95. The molecule has 0 N–H and O–H groups in total. The van der Waals surface area contributed by atoms with Gasteiger partial charge in [-0.3, -0.25) is 0 Å². The topological polar surface area (TPSA) is 36.9 Å². The molecule has 0 saturated heterocycles. The monoisotopic (exact) mass is 1170 g/mol. The van der Waals surface area contributed by atoms with Crippen LogP contribution >= 0.6 is 0 Å². The first kappa shape index (κ1) is 60.6. The number of hydrogen-bond acceptors (Lipinski definition) is 4. The van der Waals surface area contributed by atoms with Gasteiger partial charge in [0.25, 0.3) is 0 Å². The molecule has 0 spiro atoms. The maximum Gasteiger partial charge on any atom is 0.460 e. The molecule has 24 heteroatoms. The number of rotatable bonds is 22. The molecule has 0 radical (unpaired) electrons. The number of fused-ring (bicyclic) bond motifs is 5. The molecule has 1 aliphatic carbocycles. The summed E-state index contributed by atoms with van der Waals surface area (Å²) in [6.07, 6.45) is -22.8. The van der Waals surface area contributed by atoms with Gasteiger partial charge in [-0.25, -0.2) is 0 Å². The summed E-state index contributed by atoms with van der Waals surface area (Å²) in [4.78, 5) is 0. The van der Waals surface area contributed by atoms with Crippen molar-refractivity contribution in [3.63, 3.8) is 0 Å². The molecule has 0 aromatic heterocycles. The van der Waals surface area contributed by atoms with Gasteiger partial charge in [-0.1, -0.05) is 96.3 Å². The van der Waals surface area contributed by atoms with Gasteiger partial charge in [0.15, 0.2) is 0 Å². The van der Waals surface area contributed by atoms with E-state index in [4.69, 9.17) is 18.3 Å². The van der Waals surface area contributed by atoms with Gasteiger partial charge in [-0.2, -0.15) is 79.0 Å². The minimum atomic E-state index is -7.10. The number of halogens is 18. The van der Waals surface area contributed by atoms with Crippen LogP contribution in [0.15, 0.2) is 146 Å². The molecule has 79 heavy (non-hydrogen) atoms. The Kier molecular flexibility index (Phi) is 16.0. The van der Waals surface area contributed by atoms with Crippen LogP contribution in [0.2, 0.25) is 26.2 Å². The quantitative estimate of drug-likeness (QED) is 0.0501. The Hall–Kier alpha value is -5.99. The molecule has 0 fully saturated rings. The molecule has 1 aliphatic rings. The van der Waals surface area contributed by atoms with Gasteiger partial charge in [0, 0.05) is 12.8 Å². The first-order valence-electron chi connectivity index (χ1n) is 23.9. The molecule has 0 amide bonds. The van der Waals surface area contributed by atoms with E-state index in [1.165, 1.54) is 61.9 Å². The zero-order valence-corrected chi connectivity index (χ0v) is 44.0. The molecule has 6 aromatic carbocycles. The van der Waals surface area contributed by atoms with Crippen LogP contribution in [0.4, 0.5) is 79.0 Å². The number of ether oxygens (including phenoxy) is 2. The normalized spacial score (nSPS) is 15.6. The Morgan fingerprint density at radius 1 is 0.430 bits per heavy atom. The highest BCUT2D eigenvalue weighted by Gasteiger charge is 2.83. The molecule has 6 aromatic rings. The predicted molar refractivity (Wildman–Crippen MR) is 266 cm³/mol. The Morgan fingerprint density at radius 3 is 1.08 bits per heavy atom. The van der Waals surface area contributed by atoms with E-state index in [1.807, 2.05) is 60.7 Å². The maximum absolute atomic E-state index is 14.9. The summed E-state index contributed by atoms with van der Waals surface area (Å²) in [5, 5.41) is 2.14. The van der Waals surface area contributed by atoms with Gasteiger partial charge in [0.05, 0.1) is 17.6 Å². The van der Waals surface area contributed by atoms with Crippen LogP contribution in [0.25, 0.3) is 32.7 Å². The van der Waals surface area contributed by atoms with E-state index in [2.05, 4.69) is 13.2 Å². The summed E-state index contributed by atoms with van der Waals surface area (Å²) in [7, 11) is -6.44. The van der Waals surface area contributed by atoms with E-state index in [-0.39, 0.29) is 11.5 Å². The van der Waals surface area contributed by atoms with Gasteiger partial charge in [-0.05, 0) is 118 Å². The number of benzene rings is 6. The summed E-state index contributed by atoms with van der Waals surface area (Å²) in [6.45, 7) is 10.6. The van der Waals surface area contributed by atoms with Gasteiger partial charge >= 0.3 is 47.9 Å². The molecule has 4 nitrogen and oxygen atoms in total. The lowest BCUT2D eigenvalue weighted by atomic mass is 9.67. The fourth-order valence-corrected chi connectivity index (χ4v) is 11.6. The van der Waals surface area contributed by atoms with Crippen molar-refractivity contribution in [2.75, 3.05) is 13.2 Å². The second-order valence-corrected chi connectivity index (χ2v) is 27.8. The van der Waals surface area contributed by atoms with Crippen LogP contribution in [0.1, 0.15) is 35.1 Å². The van der Waals surface area contributed by atoms with Crippen LogP contribution in [-0.4, -0.2) is 89.9 Å². The molecule has 0 aliphatic heterocycles. The summed E-state index contributed by atoms with van der Waals surface area (Å²) in [5.41, 5.74) is 6.19. The van der Waals surface area contributed by atoms with Gasteiger partial charge in [0.2, 0.25) is 16.6 Å². The van der Waals surface area contributed by atoms with Crippen LogP contribution in [0.3, 0.4) is 0 Å². The van der Waals surface area contributed by atoms with Crippen LogP contribution in [0, 0.1) is 0 Å². The Labute approximate surface area is 442 Å². The fraction of sp³-hybridized carbons (Fsp3) is 0.345. The zero-order valence-electron chi connectivity index (χ0n) is 42.0. The van der Waals surface area contributed by atoms with Crippen LogP contribution in [-0.2, 0) is 14.3 Å². The molecule has 2 atom stereocenters. The van der Waals surface area contributed by atoms with E-state index in [1.54, 1.807) is 36.4 Å². The second-order valence-electron chi connectivity index (χ2n) is 20.1. The summed E-state index contributed by atoms with van der Waals surface area (Å²) in [6, 6.07) is 34.8. The van der Waals surface area contributed by atoms with Gasteiger partial charge < -0.3 is 18.3 Å². The van der Waals surface area contributed by atoms with Gasteiger partial charge in [0.1, 0.15) is 24.7 Å². The molecular weight excluding hydrogens is 1120 g/mol. The van der Waals surface area contributed by atoms with Crippen molar-refractivity contribution in [2.45, 2.75) is 105 Å². The third-order valence-corrected chi connectivity index (χ3v) is 17.5. The molecule has 0 saturated carbocycles. The third kappa shape index (κ3) is 11.1. The van der Waals surface area contributed by atoms with Crippen molar-refractivity contribution < 1.29 is 97.4 Å². The van der Waals surface area contributed by atoms with Crippen molar-refractivity contribution in [3.05, 3.63) is 168 Å². The first-order chi connectivity index (χ1) is 36.3. The highest BCUT2D eigenvalue weighted by atomic mass is 28.4. The molecule has 2 unspecified atom stereocenters. The van der Waals surface area contributed by atoms with Crippen molar-refractivity contribution in [3.8, 4) is 22.6 Å². The van der Waals surface area contributed by atoms with E-state index >= 15 is 0 Å². The molecule has 7 rings (SSSR count). The lowest BCUT2D eigenvalue weighted by molar-refractivity contribution is -0.398. The SMILES string of the molecule is C=C[Si](C)(C)OC(COc1ccc2cc(C3(c4ccc5cc(OCC(CC(F)(F)C(F)(F)C(F)(F)C(F)(F)F)O[Si](C)(C)C=C)ccc5c4)c4ccccc4-c4ccccc43)ccc2c1)CC(F)(F)C(F)(F)C(F)(F)C(F)(F)F. The maximum atomic E-state index is 14.9. The lowest BCUT2D eigenvalue weighted by Gasteiger charge is -2.36. The Balaban J connectivity index is 1.21. The molecule has 0 bridgehead atoms. The van der Waals surface area contributed by atoms with Crippen molar-refractivity contribution in [2.24, 2.45) is 0 Å². The smallest absolute Gasteiger partial charge is 0.460 e. The highest BCUT2D eigenvalue weighted by molar-refractivity contribution is 6.76. The summed E-state index contributed by atoms with van der Waals surface area (Å²) >= 11 is 0. The van der Waals surface area contributed by atoms with Crippen molar-refractivity contribution in [1.82, 2.24) is 0 Å². The summed E-state index contributed by atoms with van der Waals surface area (Å²) in [5.74, 6) is -39.9. The average molecular weight is 1170 g/mol. The van der Waals surface area contributed by atoms with E-state index in [9.17, 15) is 79.0 Å². The zero-order chi connectivity index (χ0) is 58.8. The number of alkyl halides is 18. The fourth-order valence-electron chi connectivity index (χ4n) is 9.36. The highest BCUT2D eigenvalue weighted by Crippen LogP contribution is 2.58. The molecule has 426 valence electrons. The molecule has 0 heterocycles.